The summed E-state index contributed by atoms with van der Waals surface area (Å²) >= 11 is 11.9. The van der Waals surface area contributed by atoms with Gasteiger partial charge in [0, 0.05) is 6.04 Å². The lowest BCUT2D eigenvalue weighted by molar-refractivity contribution is -0.124. The molecule has 1 fully saturated rings. The summed E-state index contributed by atoms with van der Waals surface area (Å²) in [6.07, 6.45) is 5.76. The summed E-state index contributed by atoms with van der Waals surface area (Å²) in [5.74, 6) is 0.330. The fraction of sp³-hybridized carbons (Fsp3) is 0.500. The van der Waals surface area contributed by atoms with Crippen molar-refractivity contribution in [2.75, 3.05) is 6.61 Å². The monoisotopic (exact) mass is 301 g/mol. The number of nitrogens with one attached hydrogen (secondary N) is 1. The van der Waals surface area contributed by atoms with Crippen molar-refractivity contribution in [1.29, 1.82) is 0 Å². The van der Waals surface area contributed by atoms with E-state index < -0.39 is 0 Å². The van der Waals surface area contributed by atoms with Crippen LogP contribution in [0, 0.1) is 0 Å². The number of rotatable bonds is 4. The van der Waals surface area contributed by atoms with Crippen LogP contribution in [0.3, 0.4) is 0 Å². The van der Waals surface area contributed by atoms with Crippen LogP contribution in [-0.2, 0) is 4.79 Å². The summed E-state index contributed by atoms with van der Waals surface area (Å²) in [4.78, 5) is 11.8. The van der Waals surface area contributed by atoms with Crippen LogP contribution in [0.5, 0.6) is 5.75 Å². The average Bonchev–Trinajstić information content (AvgIpc) is 2.42. The highest BCUT2D eigenvalue weighted by molar-refractivity contribution is 6.42. The van der Waals surface area contributed by atoms with Crippen LogP contribution in [0.1, 0.15) is 32.1 Å². The topological polar surface area (TPSA) is 38.3 Å². The minimum Gasteiger partial charge on any atom is -0.482 e. The molecule has 5 heteroatoms. The van der Waals surface area contributed by atoms with Crippen molar-refractivity contribution in [3.8, 4) is 5.75 Å². The molecule has 1 N–H and O–H groups in total. The molecule has 2 rings (SSSR count). The Morgan fingerprint density at radius 3 is 2.74 bits per heavy atom. The second-order valence-corrected chi connectivity index (χ2v) is 5.53. The van der Waals surface area contributed by atoms with Crippen molar-refractivity contribution in [2.24, 2.45) is 0 Å². The minimum atomic E-state index is -0.108. The Morgan fingerprint density at radius 2 is 2.00 bits per heavy atom. The molecule has 1 aliphatic rings. The van der Waals surface area contributed by atoms with Crippen LogP contribution in [0.2, 0.25) is 10.0 Å². The van der Waals surface area contributed by atoms with Crippen LogP contribution in [-0.4, -0.2) is 18.6 Å². The van der Waals surface area contributed by atoms with Gasteiger partial charge in [-0.25, -0.2) is 0 Å². The zero-order chi connectivity index (χ0) is 13.7. The summed E-state index contributed by atoms with van der Waals surface area (Å²) in [5, 5.41) is 3.75. The molecular weight excluding hydrogens is 285 g/mol. The number of amides is 1. The largest absolute Gasteiger partial charge is 0.482 e. The molecule has 0 spiro atoms. The Hall–Kier alpha value is -0.930. The van der Waals surface area contributed by atoms with Crippen molar-refractivity contribution in [1.82, 2.24) is 5.32 Å². The Morgan fingerprint density at radius 1 is 1.26 bits per heavy atom. The number of halogens is 2. The van der Waals surface area contributed by atoms with Gasteiger partial charge in [0.2, 0.25) is 0 Å². The highest BCUT2D eigenvalue weighted by Gasteiger charge is 2.16. The van der Waals surface area contributed by atoms with Gasteiger partial charge in [-0.15, -0.1) is 0 Å². The third-order valence-electron chi connectivity index (χ3n) is 3.25. The molecule has 1 aromatic carbocycles. The van der Waals surface area contributed by atoms with Gasteiger partial charge < -0.3 is 10.1 Å². The molecule has 0 unspecified atom stereocenters. The zero-order valence-corrected chi connectivity index (χ0v) is 12.1. The number of carbonyl (C=O) groups is 1. The summed E-state index contributed by atoms with van der Waals surface area (Å²) in [6, 6.07) is 5.41. The molecule has 1 saturated carbocycles. The van der Waals surface area contributed by atoms with Crippen LogP contribution in [0.4, 0.5) is 0 Å². The van der Waals surface area contributed by atoms with E-state index >= 15 is 0 Å². The predicted molar refractivity (Wildman–Crippen MR) is 77.0 cm³/mol. The van der Waals surface area contributed by atoms with Crippen LogP contribution >= 0.6 is 23.2 Å². The second kappa shape index (κ2) is 7.01. The summed E-state index contributed by atoms with van der Waals surface area (Å²) in [7, 11) is 0. The molecule has 0 saturated heterocycles. The standard InChI is InChI=1S/C14H17Cl2NO2/c15-11-7-4-8-12(14(11)16)19-9-13(18)17-10-5-2-1-3-6-10/h4,7-8,10H,1-3,5-6,9H2,(H,17,18). The van der Waals surface area contributed by atoms with Gasteiger partial charge in [-0.05, 0) is 25.0 Å². The molecule has 0 aromatic heterocycles. The number of hydrogen-bond acceptors (Lipinski definition) is 2. The van der Waals surface area contributed by atoms with Gasteiger partial charge in [0.15, 0.2) is 6.61 Å². The van der Waals surface area contributed by atoms with E-state index in [1.807, 2.05) is 0 Å². The number of hydrogen-bond donors (Lipinski definition) is 1. The van der Waals surface area contributed by atoms with Crippen LogP contribution < -0.4 is 10.1 Å². The van der Waals surface area contributed by atoms with Crippen molar-refractivity contribution in [3.63, 3.8) is 0 Å². The van der Waals surface area contributed by atoms with E-state index in [0.717, 1.165) is 12.8 Å². The number of carbonyl (C=O) groups excluding carboxylic acids is 1. The predicted octanol–water partition coefficient (Wildman–Crippen LogP) is 3.82. The zero-order valence-electron chi connectivity index (χ0n) is 10.6. The lowest BCUT2D eigenvalue weighted by Crippen LogP contribution is -2.38. The van der Waals surface area contributed by atoms with Gasteiger partial charge in [-0.1, -0.05) is 48.5 Å². The molecule has 104 valence electrons. The Balaban J connectivity index is 1.81. The number of ether oxygens (including phenoxy) is 1. The maximum absolute atomic E-state index is 11.8. The van der Waals surface area contributed by atoms with Gasteiger partial charge >= 0.3 is 0 Å². The van der Waals surface area contributed by atoms with E-state index in [0.29, 0.717) is 21.8 Å². The first-order chi connectivity index (χ1) is 9.16. The third kappa shape index (κ3) is 4.29. The van der Waals surface area contributed by atoms with Gasteiger partial charge in [-0.3, -0.25) is 4.79 Å². The van der Waals surface area contributed by atoms with E-state index in [-0.39, 0.29) is 12.5 Å². The molecule has 19 heavy (non-hydrogen) atoms. The van der Waals surface area contributed by atoms with Crippen molar-refractivity contribution in [3.05, 3.63) is 28.2 Å². The molecule has 0 radical (unpaired) electrons. The second-order valence-electron chi connectivity index (χ2n) is 4.74. The van der Waals surface area contributed by atoms with Gasteiger partial charge in [0.05, 0.1) is 5.02 Å². The maximum atomic E-state index is 11.8. The molecule has 1 aliphatic carbocycles. The normalized spacial score (nSPS) is 16.1. The van der Waals surface area contributed by atoms with E-state index in [1.54, 1.807) is 18.2 Å². The first-order valence-corrected chi connectivity index (χ1v) is 7.28. The third-order valence-corrected chi connectivity index (χ3v) is 4.05. The van der Waals surface area contributed by atoms with Crippen LogP contribution in [0.15, 0.2) is 18.2 Å². The van der Waals surface area contributed by atoms with Gasteiger partial charge in [0.25, 0.3) is 5.91 Å². The minimum absolute atomic E-state index is 0.0312. The van der Waals surface area contributed by atoms with Gasteiger partial charge in [0.1, 0.15) is 10.8 Å². The summed E-state index contributed by atoms with van der Waals surface area (Å²) in [5.41, 5.74) is 0. The first kappa shape index (κ1) is 14.5. The smallest absolute Gasteiger partial charge is 0.258 e. The molecule has 0 aliphatic heterocycles. The lowest BCUT2D eigenvalue weighted by atomic mass is 9.95. The molecule has 0 atom stereocenters. The molecule has 3 nitrogen and oxygen atoms in total. The highest BCUT2D eigenvalue weighted by Crippen LogP contribution is 2.31. The SMILES string of the molecule is O=C(COc1cccc(Cl)c1Cl)NC1CCCCC1. The maximum Gasteiger partial charge on any atom is 0.258 e. The highest BCUT2D eigenvalue weighted by atomic mass is 35.5. The Kier molecular flexibility index (Phi) is 5.34. The molecule has 1 amide bonds. The molecule has 1 aromatic rings. The van der Waals surface area contributed by atoms with E-state index in [1.165, 1.54) is 19.3 Å². The van der Waals surface area contributed by atoms with Crippen molar-refractivity contribution >= 4 is 29.1 Å². The van der Waals surface area contributed by atoms with Gasteiger partial charge in [-0.2, -0.15) is 0 Å². The Bertz CT molecular complexity index is 445. The van der Waals surface area contributed by atoms with E-state index in [4.69, 9.17) is 27.9 Å². The summed E-state index contributed by atoms with van der Waals surface area (Å²) in [6.45, 7) is -0.0312. The fourth-order valence-electron chi connectivity index (χ4n) is 2.26. The van der Waals surface area contributed by atoms with Crippen LogP contribution in [0.25, 0.3) is 0 Å². The molecular formula is C14H17Cl2NO2. The average molecular weight is 302 g/mol. The summed E-state index contributed by atoms with van der Waals surface area (Å²) < 4.78 is 5.39. The number of benzene rings is 1. The van der Waals surface area contributed by atoms with Crippen molar-refractivity contribution in [2.45, 2.75) is 38.1 Å². The lowest BCUT2D eigenvalue weighted by Gasteiger charge is -2.22. The first-order valence-electron chi connectivity index (χ1n) is 6.53. The molecule has 0 bridgehead atoms. The van der Waals surface area contributed by atoms with E-state index in [9.17, 15) is 4.79 Å². The van der Waals surface area contributed by atoms with E-state index in [2.05, 4.69) is 5.32 Å². The molecule has 0 heterocycles. The Labute approximate surface area is 123 Å². The fourth-order valence-corrected chi connectivity index (χ4v) is 2.60. The van der Waals surface area contributed by atoms with Crippen molar-refractivity contribution < 1.29 is 9.53 Å². The quantitative estimate of drug-likeness (QED) is 0.918.